The summed E-state index contributed by atoms with van der Waals surface area (Å²) in [6.07, 6.45) is 3.02. The fourth-order valence-corrected chi connectivity index (χ4v) is 2.68. The first-order chi connectivity index (χ1) is 13.6. The Morgan fingerprint density at radius 2 is 1.79 bits per heavy atom. The van der Waals surface area contributed by atoms with Crippen molar-refractivity contribution in [3.05, 3.63) is 89.5 Å². The van der Waals surface area contributed by atoms with E-state index in [4.69, 9.17) is 9.47 Å². The number of allylic oxidation sites excluding steroid dienone is 1. The number of hydrogen-bond acceptors (Lipinski definition) is 5. The lowest BCUT2D eigenvalue weighted by Gasteiger charge is -2.11. The second-order valence-electron chi connectivity index (χ2n) is 6.07. The molecule has 5 nitrogen and oxygen atoms in total. The van der Waals surface area contributed by atoms with Crippen LogP contribution >= 0.6 is 0 Å². The molecule has 2 N–H and O–H groups in total. The van der Waals surface area contributed by atoms with Gasteiger partial charge in [-0.1, -0.05) is 30.3 Å². The van der Waals surface area contributed by atoms with Crippen LogP contribution in [0.15, 0.2) is 72.8 Å². The molecule has 142 valence electrons. The molecule has 0 aliphatic heterocycles. The van der Waals surface area contributed by atoms with Crippen LogP contribution in [0.1, 0.15) is 21.5 Å². The molecule has 0 radical (unpaired) electrons. The zero-order valence-corrected chi connectivity index (χ0v) is 15.3. The Balaban J connectivity index is 1.76. The Kier molecular flexibility index (Phi) is 5.97. The predicted molar refractivity (Wildman–Crippen MR) is 107 cm³/mol. The van der Waals surface area contributed by atoms with Crippen molar-refractivity contribution in [2.24, 2.45) is 0 Å². The van der Waals surface area contributed by atoms with E-state index in [1.165, 1.54) is 18.2 Å². The number of aromatic hydroxyl groups is 2. The van der Waals surface area contributed by atoms with Crippen LogP contribution in [0, 0.1) is 0 Å². The SMILES string of the molecule is COc1ccc(/C=C/C(=O)c2ccc(O)cc2O)cc1COc1ccccc1. The van der Waals surface area contributed by atoms with E-state index in [1.54, 1.807) is 13.2 Å². The van der Waals surface area contributed by atoms with Crippen LogP contribution < -0.4 is 9.47 Å². The summed E-state index contributed by atoms with van der Waals surface area (Å²) in [7, 11) is 1.59. The smallest absolute Gasteiger partial charge is 0.189 e. The van der Waals surface area contributed by atoms with Gasteiger partial charge in [-0.2, -0.15) is 0 Å². The summed E-state index contributed by atoms with van der Waals surface area (Å²) in [5, 5.41) is 19.1. The molecule has 0 aromatic heterocycles. The summed E-state index contributed by atoms with van der Waals surface area (Å²) in [6.45, 7) is 0.321. The minimum absolute atomic E-state index is 0.101. The lowest BCUT2D eigenvalue weighted by Crippen LogP contribution is -1.99. The molecule has 0 saturated heterocycles. The molecule has 0 bridgehead atoms. The van der Waals surface area contributed by atoms with E-state index in [-0.39, 0.29) is 22.8 Å². The summed E-state index contributed by atoms with van der Waals surface area (Å²) in [5.74, 6) is 0.715. The molecule has 3 aromatic rings. The van der Waals surface area contributed by atoms with E-state index in [2.05, 4.69) is 0 Å². The highest BCUT2D eigenvalue weighted by Gasteiger charge is 2.09. The van der Waals surface area contributed by atoms with Crippen molar-refractivity contribution in [1.82, 2.24) is 0 Å². The number of phenolic OH excluding ortho intramolecular Hbond substituents is 2. The molecule has 3 aromatic carbocycles. The zero-order chi connectivity index (χ0) is 19.9. The van der Waals surface area contributed by atoms with E-state index >= 15 is 0 Å². The Bertz CT molecular complexity index is 993. The summed E-state index contributed by atoms with van der Waals surface area (Å²) < 4.78 is 11.2. The van der Waals surface area contributed by atoms with Crippen LogP contribution in [0.3, 0.4) is 0 Å². The molecule has 0 fully saturated rings. The van der Waals surface area contributed by atoms with Gasteiger partial charge in [0.25, 0.3) is 0 Å². The summed E-state index contributed by atoms with van der Waals surface area (Å²) in [6, 6.07) is 18.8. The summed E-state index contributed by atoms with van der Waals surface area (Å²) >= 11 is 0. The Labute approximate surface area is 163 Å². The second kappa shape index (κ2) is 8.77. The second-order valence-corrected chi connectivity index (χ2v) is 6.07. The van der Waals surface area contributed by atoms with Gasteiger partial charge in [0.05, 0.1) is 12.7 Å². The maximum Gasteiger partial charge on any atom is 0.189 e. The molecule has 3 rings (SSSR count). The van der Waals surface area contributed by atoms with Gasteiger partial charge < -0.3 is 19.7 Å². The lowest BCUT2D eigenvalue weighted by molar-refractivity contribution is 0.104. The molecule has 0 aliphatic carbocycles. The molecular formula is C23H20O5. The van der Waals surface area contributed by atoms with Crippen molar-refractivity contribution < 1.29 is 24.5 Å². The molecule has 0 saturated carbocycles. The van der Waals surface area contributed by atoms with Gasteiger partial charge in [0.1, 0.15) is 29.6 Å². The molecular weight excluding hydrogens is 356 g/mol. The monoisotopic (exact) mass is 376 g/mol. The normalized spacial score (nSPS) is 10.8. The fraction of sp³-hybridized carbons (Fsp3) is 0.0870. The highest BCUT2D eigenvalue weighted by molar-refractivity contribution is 6.08. The van der Waals surface area contributed by atoms with Gasteiger partial charge in [-0.3, -0.25) is 4.79 Å². The van der Waals surface area contributed by atoms with Gasteiger partial charge in [0.2, 0.25) is 0 Å². The molecule has 0 amide bonds. The van der Waals surface area contributed by atoms with Gasteiger partial charge in [-0.15, -0.1) is 0 Å². The third-order valence-electron chi connectivity index (χ3n) is 4.12. The standard InChI is InChI=1S/C23H20O5/c1-27-23-12-8-16(13-17(23)15-28-19-5-3-2-4-6-19)7-11-21(25)20-10-9-18(24)14-22(20)26/h2-14,24,26H,15H2,1H3/b11-7+. The Morgan fingerprint density at radius 3 is 2.50 bits per heavy atom. The van der Waals surface area contributed by atoms with E-state index in [9.17, 15) is 15.0 Å². The number of ether oxygens (including phenoxy) is 2. The van der Waals surface area contributed by atoms with E-state index < -0.39 is 0 Å². The molecule has 0 heterocycles. The van der Waals surface area contributed by atoms with Crippen molar-refractivity contribution in [3.8, 4) is 23.0 Å². The van der Waals surface area contributed by atoms with Crippen molar-refractivity contribution in [2.75, 3.05) is 7.11 Å². The number of carbonyl (C=O) groups excluding carboxylic acids is 1. The fourth-order valence-electron chi connectivity index (χ4n) is 2.68. The van der Waals surface area contributed by atoms with Crippen molar-refractivity contribution in [3.63, 3.8) is 0 Å². The first-order valence-corrected chi connectivity index (χ1v) is 8.66. The van der Waals surface area contributed by atoms with Gasteiger partial charge in [-0.25, -0.2) is 0 Å². The first-order valence-electron chi connectivity index (χ1n) is 8.66. The third-order valence-corrected chi connectivity index (χ3v) is 4.12. The minimum Gasteiger partial charge on any atom is -0.508 e. The van der Waals surface area contributed by atoms with Gasteiger partial charge in [0, 0.05) is 11.6 Å². The van der Waals surface area contributed by atoms with Gasteiger partial charge >= 0.3 is 0 Å². The van der Waals surface area contributed by atoms with Crippen LogP contribution in [0.5, 0.6) is 23.0 Å². The molecule has 0 unspecified atom stereocenters. The Morgan fingerprint density at radius 1 is 1.00 bits per heavy atom. The van der Waals surface area contributed by atoms with Crippen LogP contribution in [-0.2, 0) is 6.61 Å². The third kappa shape index (κ3) is 4.71. The maximum atomic E-state index is 12.3. The van der Waals surface area contributed by atoms with Crippen LogP contribution in [0.25, 0.3) is 6.08 Å². The van der Waals surface area contributed by atoms with Crippen LogP contribution in [0.4, 0.5) is 0 Å². The number of phenols is 2. The maximum absolute atomic E-state index is 12.3. The molecule has 0 atom stereocenters. The minimum atomic E-state index is -0.365. The number of hydrogen-bond donors (Lipinski definition) is 2. The number of carbonyl (C=O) groups is 1. The number of para-hydroxylation sites is 1. The molecule has 0 spiro atoms. The highest BCUT2D eigenvalue weighted by atomic mass is 16.5. The first kappa shape index (κ1) is 19.0. The molecule has 0 aliphatic rings. The zero-order valence-electron chi connectivity index (χ0n) is 15.3. The average Bonchev–Trinajstić information content (AvgIpc) is 2.71. The van der Waals surface area contributed by atoms with E-state index in [0.717, 1.165) is 22.9 Å². The molecule has 28 heavy (non-hydrogen) atoms. The summed E-state index contributed by atoms with van der Waals surface area (Å²) in [4.78, 5) is 12.3. The summed E-state index contributed by atoms with van der Waals surface area (Å²) in [5.41, 5.74) is 1.75. The quantitative estimate of drug-likeness (QED) is 0.466. The number of ketones is 1. The molecule has 5 heteroatoms. The average molecular weight is 376 g/mol. The van der Waals surface area contributed by atoms with Gasteiger partial charge in [-0.05, 0) is 48.0 Å². The van der Waals surface area contributed by atoms with Crippen LogP contribution in [0.2, 0.25) is 0 Å². The highest BCUT2D eigenvalue weighted by Crippen LogP contribution is 2.25. The van der Waals surface area contributed by atoms with Crippen molar-refractivity contribution >= 4 is 11.9 Å². The van der Waals surface area contributed by atoms with Crippen molar-refractivity contribution in [1.29, 1.82) is 0 Å². The van der Waals surface area contributed by atoms with E-state index in [0.29, 0.717) is 12.4 Å². The topological polar surface area (TPSA) is 76.0 Å². The number of benzene rings is 3. The number of rotatable bonds is 7. The van der Waals surface area contributed by atoms with Crippen molar-refractivity contribution in [2.45, 2.75) is 6.61 Å². The predicted octanol–water partition coefficient (Wildman–Crippen LogP) is 4.58. The largest absolute Gasteiger partial charge is 0.508 e. The van der Waals surface area contributed by atoms with Gasteiger partial charge in [0.15, 0.2) is 5.78 Å². The lowest BCUT2D eigenvalue weighted by atomic mass is 10.1. The number of methoxy groups -OCH3 is 1. The van der Waals surface area contributed by atoms with E-state index in [1.807, 2.05) is 48.5 Å². The van der Waals surface area contributed by atoms with Crippen LogP contribution in [-0.4, -0.2) is 23.1 Å². The Hall–Kier alpha value is -3.73.